The van der Waals surface area contributed by atoms with Crippen LogP contribution in [-0.4, -0.2) is 16.9 Å². The van der Waals surface area contributed by atoms with Crippen LogP contribution in [0.5, 0.6) is 0 Å². The minimum Gasteiger partial charge on any atom is -0.481 e. The number of rotatable bonds is 5. The van der Waals surface area contributed by atoms with Crippen LogP contribution in [0.15, 0.2) is 24.3 Å². The summed E-state index contributed by atoms with van der Waals surface area (Å²) in [7, 11) is 0. The Hall–Kier alpha value is -1.35. The lowest BCUT2D eigenvalue weighted by molar-refractivity contribution is -0.137. The van der Waals surface area contributed by atoms with Gasteiger partial charge >= 0.3 is 5.97 Å². The average molecular weight is 241 g/mol. The van der Waals surface area contributed by atoms with Gasteiger partial charge in [-0.3, -0.25) is 9.59 Å². The molecule has 16 heavy (non-hydrogen) atoms. The fourth-order valence-electron chi connectivity index (χ4n) is 1.44. The van der Waals surface area contributed by atoms with Crippen molar-refractivity contribution < 1.29 is 14.7 Å². The first-order valence-corrected chi connectivity index (χ1v) is 5.37. The van der Waals surface area contributed by atoms with Crippen LogP contribution in [0, 0.1) is 5.92 Å². The van der Waals surface area contributed by atoms with Crippen LogP contribution in [0.4, 0.5) is 0 Å². The molecule has 0 aliphatic rings. The molecule has 1 rings (SSSR count). The van der Waals surface area contributed by atoms with Crippen molar-refractivity contribution in [1.82, 2.24) is 0 Å². The number of carboxylic acids is 1. The molecular formula is C12H13ClO3. The lowest BCUT2D eigenvalue weighted by Crippen LogP contribution is -2.10. The molecule has 1 aromatic rings. The summed E-state index contributed by atoms with van der Waals surface area (Å²) in [5, 5.41) is 9.15. The lowest BCUT2D eigenvalue weighted by Gasteiger charge is -2.07. The molecule has 0 radical (unpaired) electrons. The Balaban J connectivity index is 2.58. The van der Waals surface area contributed by atoms with Crippen LogP contribution >= 0.6 is 11.6 Å². The fourth-order valence-corrected chi connectivity index (χ4v) is 1.57. The molecule has 86 valence electrons. The van der Waals surface area contributed by atoms with E-state index >= 15 is 0 Å². The number of halogens is 1. The van der Waals surface area contributed by atoms with Gasteiger partial charge in [0.1, 0.15) is 0 Å². The van der Waals surface area contributed by atoms with Crippen LogP contribution in [0.1, 0.15) is 30.1 Å². The van der Waals surface area contributed by atoms with Crippen molar-refractivity contribution >= 4 is 23.4 Å². The van der Waals surface area contributed by atoms with Crippen LogP contribution in [0.2, 0.25) is 5.02 Å². The molecule has 0 aliphatic carbocycles. The molecule has 3 nitrogen and oxygen atoms in total. The van der Waals surface area contributed by atoms with Crippen LogP contribution < -0.4 is 0 Å². The number of ketones is 1. The Labute approximate surface area is 99.0 Å². The summed E-state index contributed by atoms with van der Waals surface area (Å²) < 4.78 is 0. The first kappa shape index (κ1) is 12.7. The Kier molecular flexibility index (Phi) is 4.50. The number of hydrogen-bond acceptors (Lipinski definition) is 2. The van der Waals surface area contributed by atoms with E-state index in [2.05, 4.69) is 0 Å². The van der Waals surface area contributed by atoms with Crippen molar-refractivity contribution in [3.8, 4) is 0 Å². The SMILES string of the molecule is CC(CC(=O)O)CC(=O)c1ccc(Cl)cc1. The molecule has 0 saturated heterocycles. The van der Waals surface area contributed by atoms with Crippen molar-refractivity contribution in [1.29, 1.82) is 0 Å². The maximum atomic E-state index is 11.7. The summed E-state index contributed by atoms with van der Waals surface area (Å²) in [6.45, 7) is 1.75. The van der Waals surface area contributed by atoms with E-state index in [9.17, 15) is 9.59 Å². The number of hydrogen-bond donors (Lipinski definition) is 1. The van der Waals surface area contributed by atoms with Gasteiger partial charge in [-0.1, -0.05) is 18.5 Å². The van der Waals surface area contributed by atoms with Gasteiger partial charge < -0.3 is 5.11 Å². The molecule has 1 atom stereocenters. The first-order chi connectivity index (χ1) is 7.49. The fraction of sp³-hybridized carbons (Fsp3) is 0.333. The Morgan fingerprint density at radius 3 is 2.31 bits per heavy atom. The minimum absolute atomic E-state index is 0.0132. The topological polar surface area (TPSA) is 54.4 Å². The third-order valence-corrected chi connectivity index (χ3v) is 2.48. The molecule has 0 spiro atoms. The number of Topliss-reactive ketones (excluding diaryl/α,β-unsaturated/α-hetero) is 1. The molecule has 1 N–H and O–H groups in total. The Morgan fingerprint density at radius 1 is 1.25 bits per heavy atom. The largest absolute Gasteiger partial charge is 0.481 e. The monoisotopic (exact) mass is 240 g/mol. The molecule has 0 aliphatic heterocycles. The second-order valence-corrected chi connectivity index (χ2v) is 4.27. The molecule has 1 unspecified atom stereocenters. The third-order valence-electron chi connectivity index (χ3n) is 2.22. The molecule has 0 fully saturated rings. The van der Waals surface area contributed by atoms with E-state index < -0.39 is 5.97 Å². The van der Waals surface area contributed by atoms with E-state index in [4.69, 9.17) is 16.7 Å². The molecular weight excluding hydrogens is 228 g/mol. The third kappa shape index (κ3) is 4.03. The van der Waals surface area contributed by atoms with Gasteiger partial charge in [0.05, 0.1) is 0 Å². The highest BCUT2D eigenvalue weighted by atomic mass is 35.5. The first-order valence-electron chi connectivity index (χ1n) is 4.99. The maximum absolute atomic E-state index is 11.7. The molecule has 4 heteroatoms. The molecule has 0 heterocycles. The van der Waals surface area contributed by atoms with Crippen molar-refractivity contribution in [2.45, 2.75) is 19.8 Å². The van der Waals surface area contributed by atoms with Gasteiger partial charge in [0.25, 0.3) is 0 Å². The number of carboxylic acid groups (broad SMARTS) is 1. The van der Waals surface area contributed by atoms with E-state index in [0.717, 1.165) is 0 Å². The predicted molar refractivity (Wildman–Crippen MR) is 61.8 cm³/mol. The highest BCUT2D eigenvalue weighted by molar-refractivity contribution is 6.30. The van der Waals surface area contributed by atoms with E-state index in [0.29, 0.717) is 10.6 Å². The van der Waals surface area contributed by atoms with Crippen LogP contribution in [0.3, 0.4) is 0 Å². The Bertz CT molecular complexity index is 384. The van der Waals surface area contributed by atoms with Gasteiger partial charge in [0.2, 0.25) is 0 Å². The zero-order valence-electron chi connectivity index (χ0n) is 8.94. The normalized spacial score (nSPS) is 12.1. The summed E-state index contributed by atoms with van der Waals surface area (Å²) in [5.74, 6) is -1.08. The van der Waals surface area contributed by atoms with E-state index in [1.807, 2.05) is 0 Å². The summed E-state index contributed by atoms with van der Waals surface area (Å²) in [6, 6.07) is 6.60. The molecule has 0 saturated carbocycles. The van der Waals surface area contributed by atoms with E-state index in [-0.39, 0.29) is 24.5 Å². The van der Waals surface area contributed by atoms with Crippen molar-refractivity contribution in [3.63, 3.8) is 0 Å². The summed E-state index contributed by atoms with van der Waals surface area (Å²) >= 11 is 5.70. The molecule has 0 aromatic heterocycles. The van der Waals surface area contributed by atoms with Gasteiger partial charge in [0.15, 0.2) is 5.78 Å². The van der Waals surface area contributed by atoms with E-state index in [1.54, 1.807) is 31.2 Å². The van der Waals surface area contributed by atoms with Crippen molar-refractivity contribution in [2.75, 3.05) is 0 Å². The number of carbonyl (C=O) groups excluding carboxylic acids is 1. The molecule has 0 amide bonds. The second-order valence-electron chi connectivity index (χ2n) is 3.84. The minimum atomic E-state index is -0.878. The van der Waals surface area contributed by atoms with Crippen LogP contribution in [-0.2, 0) is 4.79 Å². The van der Waals surface area contributed by atoms with Gasteiger partial charge in [-0.2, -0.15) is 0 Å². The predicted octanol–water partition coefficient (Wildman–Crippen LogP) is 3.02. The van der Waals surface area contributed by atoms with Crippen molar-refractivity contribution in [3.05, 3.63) is 34.9 Å². The summed E-state index contributed by atoms with van der Waals surface area (Å²) in [6.07, 6.45) is 0.257. The van der Waals surface area contributed by atoms with E-state index in [1.165, 1.54) is 0 Å². The zero-order valence-corrected chi connectivity index (χ0v) is 9.70. The highest BCUT2D eigenvalue weighted by Crippen LogP contribution is 2.15. The van der Waals surface area contributed by atoms with Gasteiger partial charge in [-0.15, -0.1) is 0 Å². The van der Waals surface area contributed by atoms with Gasteiger partial charge in [0, 0.05) is 23.4 Å². The maximum Gasteiger partial charge on any atom is 0.303 e. The standard InChI is InChI=1S/C12H13ClO3/c1-8(7-12(15)16)6-11(14)9-2-4-10(13)5-3-9/h2-5,8H,6-7H2,1H3,(H,15,16). The quantitative estimate of drug-likeness (QED) is 0.805. The molecule has 0 bridgehead atoms. The lowest BCUT2D eigenvalue weighted by atomic mass is 9.97. The second kappa shape index (κ2) is 5.66. The number of carbonyl (C=O) groups is 2. The highest BCUT2D eigenvalue weighted by Gasteiger charge is 2.13. The summed E-state index contributed by atoms with van der Waals surface area (Å²) in [4.78, 5) is 22.2. The zero-order chi connectivity index (χ0) is 12.1. The van der Waals surface area contributed by atoms with Gasteiger partial charge in [-0.25, -0.2) is 0 Å². The summed E-state index contributed by atoms with van der Waals surface area (Å²) in [5.41, 5.74) is 0.571. The molecule has 1 aromatic carbocycles. The number of benzene rings is 1. The van der Waals surface area contributed by atoms with Crippen LogP contribution in [0.25, 0.3) is 0 Å². The number of aliphatic carboxylic acids is 1. The van der Waals surface area contributed by atoms with Gasteiger partial charge in [-0.05, 0) is 30.2 Å². The average Bonchev–Trinajstić information content (AvgIpc) is 2.16. The Morgan fingerprint density at radius 2 is 1.81 bits per heavy atom. The van der Waals surface area contributed by atoms with Crippen molar-refractivity contribution in [2.24, 2.45) is 5.92 Å². The smallest absolute Gasteiger partial charge is 0.303 e.